The molecule has 0 aliphatic rings. The predicted octanol–water partition coefficient (Wildman–Crippen LogP) is 3.05. The summed E-state index contributed by atoms with van der Waals surface area (Å²) in [5.41, 5.74) is 1.05. The van der Waals surface area contributed by atoms with Crippen molar-refractivity contribution in [2.45, 2.75) is 39.8 Å². The molecule has 0 aromatic heterocycles. The van der Waals surface area contributed by atoms with Crippen LogP contribution < -0.4 is 19.1 Å². The molecule has 198 valence electrons. The van der Waals surface area contributed by atoms with Crippen molar-refractivity contribution in [1.82, 2.24) is 10.2 Å². The molecule has 36 heavy (non-hydrogen) atoms. The van der Waals surface area contributed by atoms with Crippen LogP contribution in [0.15, 0.2) is 48.5 Å². The normalized spacial score (nSPS) is 12.1. The summed E-state index contributed by atoms with van der Waals surface area (Å²) in [7, 11) is -0.791. The lowest BCUT2D eigenvalue weighted by Gasteiger charge is -2.33. The Hall–Kier alpha value is -3.27. The minimum Gasteiger partial charge on any atom is -0.497 e. The Balaban J connectivity index is 2.45. The summed E-state index contributed by atoms with van der Waals surface area (Å²) in [6.07, 6.45) is 1.40. The molecule has 0 aliphatic heterocycles. The van der Waals surface area contributed by atoms with Gasteiger partial charge in [0.15, 0.2) is 0 Å². The lowest BCUT2D eigenvalue weighted by molar-refractivity contribution is -0.140. The van der Waals surface area contributed by atoms with Gasteiger partial charge < -0.3 is 19.7 Å². The molecule has 2 amide bonds. The predicted molar refractivity (Wildman–Crippen MR) is 141 cm³/mol. The van der Waals surface area contributed by atoms with Crippen molar-refractivity contribution < 1.29 is 27.5 Å². The maximum Gasteiger partial charge on any atom is 0.244 e. The van der Waals surface area contributed by atoms with Gasteiger partial charge in [-0.15, -0.1) is 0 Å². The highest BCUT2D eigenvalue weighted by Gasteiger charge is 2.32. The van der Waals surface area contributed by atoms with E-state index in [2.05, 4.69) is 5.32 Å². The highest BCUT2D eigenvalue weighted by atomic mass is 32.2. The van der Waals surface area contributed by atoms with Gasteiger partial charge in [-0.2, -0.15) is 0 Å². The van der Waals surface area contributed by atoms with E-state index in [9.17, 15) is 18.0 Å². The minimum absolute atomic E-state index is 0.110. The number of benzene rings is 2. The Kier molecular flexibility index (Phi) is 10.6. The van der Waals surface area contributed by atoms with Crippen molar-refractivity contribution in [1.29, 1.82) is 0 Å². The summed E-state index contributed by atoms with van der Waals surface area (Å²) in [5, 5.41) is 2.90. The molecule has 0 spiro atoms. The van der Waals surface area contributed by atoms with Gasteiger partial charge in [0, 0.05) is 19.2 Å². The molecule has 9 nitrogen and oxygen atoms in total. The van der Waals surface area contributed by atoms with Gasteiger partial charge >= 0.3 is 0 Å². The summed E-state index contributed by atoms with van der Waals surface area (Å²) < 4.78 is 36.9. The first-order valence-corrected chi connectivity index (χ1v) is 13.7. The van der Waals surface area contributed by atoms with Gasteiger partial charge in [-0.25, -0.2) is 8.42 Å². The van der Waals surface area contributed by atoms with E-state index in [4.69, 9.17) is 9.47 Å². The molecule has 1 atom stereocenters. The molecule has 0 unspecified atom stereocenters. The number of nitrogens with one attached hydrogen (secondary N) is 1. The fraction of sp³-hybridized carbons (Fsp3) is 0.462. The molecule has 2 aromatic rings. The van der Waals surface area contributed by atoms with E-state index in [1.165, 1.54) is 12.0 Å². The first-order valence-electron chi connectivity index (χ1n) is 11.8. The molecular weight excluding hydrogens is 482 g/mol. The minimum atomic E-state index is -3.82. The summed E-state index contributed by atoms with van der Waals surface area (Å²) in [6, 6.07) is 12.9. The number of methoxy groups -OCH3 is 2. The van der Waals surface area contributed by atoms with Gasteiger partial charge in [0.1, 0.15) is 24.1 Å². The average molecular weight is 520 g/mol. The van der Waals surface area contributed by atoms with Crippen molar-refractivity contribution in [2.75, 3.05) is 37.9 Å². The zero-order valence-electron chi connectivity index (χ0n) is 21.9. The number of amides is 2. The zero-order valence-corrected chi connectivity index (χ0v) is 22.7. The molecule has 0 heterocycles. The standard InChI is InChI=1S/C26H37N3O6S/c1-7-24(26(31)27-16-19(2)3)28(17-20-10-8-12-22(14-20)34-4)25(30)18-29(36(6,32)33)21-11-9-13-23(15-21)35-5/h8-15,19,24H,7,16-18H2,1-6H3,(H,27,31)/t24-/m0/s1. The molecule has 0 fully saturated rings. The van der Waals surface area contributed by atoms with E-state index in [0.29, 0.717) is 30.2 Å². The summed E-state index contributed by atoms with van der Waals surface area (Å²) in [4.78, 5) is 28.2. The number of hydrogen-bond acceptors (Lipinski definition) is 6. The third-order valence-electron chi connectivity index (χ3n) is 5.58. The number of hydrogen-bond donors (Lipinski definition) is 1. The molecule has 0 saturated carbocycles. The molecule has 10 heteroatoms. The van der Waals surface area contributed by atoms with Crippen molar-refractivity contribution >= 4 is 27.5 Å². The molecule has 0 aliphatic carbocycles. The van der Waals surface area contributed by atoms with Gasteiger partial charge in [-0.1, -0.05) is 39.0 Å². The second-order valence-corrected chi connectivity index (χ2v) is 10.8. The van der Waals surface area contributed by atoms with Crippen molar-refractivity contribution in [3.05, 3.63) is 54.1 Å². The lowest BCUT2D eigenvalue weighted by Crippen LogP contribution is -2.52. The van der Waals surface area contributed by atoms with Gasteiger partial charge in [-0.3, -0.25) is 13.9 Å². The van der Waals surface area contributed by atoms with E-state index in [-0.39, 0.29) is 18.4 Å². The third-order valence-corrected chi connectivity index (χ3v) is 6.72. The van der Waals surface area contributed by atoms with E-state index < -0.39 is 28.5 Å². The molecular formula is C26H37N3O6S. The van der Waals surface area contributed by atoms with Crippen LogP contribution in [0.25, 0.3) is 0 Å². The van der Waals surface area contributed by atoms with E-state index in [1.807, 2.05) is 26.8 Å². The first-order chi connectivity index (χ1) is 17.0. The van der Waals surface area contributed by atoms with Gasteiger partial charge in [-0.05, 0) is 42.2 Å². The monoisotopic (exact) mass is 519 g/mol. The van der Waals surface area contributed by atoms with Crippen LogP contribution in [0, 0.1) is 5.92 Å². The second-order valence-electron chi connectivity index (χ2n) is 8.91. The highest BCUT2D eigenvalue weighted by Crippen LogP contribution is 2.24. The van der Waals surface area contributed by atoms with Crippen LogP contribution in [0.3, 0.4) is 0 Å². The summed E-state index contributed by atoms with van der Waals surface area (Å²) in [5.74, 6) is 0.530. The Morgan fingerprint density at radius 2 is 1.61 bits per heavy atom. The van der Waals surface area contributed by atoms with E-state index in [0.717, 1.165) is 16.1 Å². The van der Waals surface area contributed by atoms with Crippen LogP contribution in [0.1, 0.15) is 32.8 Å². The second kappa shape index (κ2) is 13.2. The Labute approximate surface area is 214 Å². The fourth-order valence-corrected chi connectivity index (χ4v) is 4.53. The van der Waals surface area contributed by atoms with Crippen LogP contribution in [0.2, 0.25) is 0 Å². The van der Waals surface area contributed by atoms with Gasteiger partial charge in [0.05, 0.1) is 26.2 Å². The number of carbonyl (C=O) groups is 2. The molecule has 0 saturated heterocycles. The Morgan fingerprint density at radius 1 is 1.00 bits per heavy atom. The van der Waals surface area contributed by atoms with E-state index >= 15 is 0 Å². The van der Waals surface area contributed by atoms with Crippen molar-refractivity contribution in [2.24, 2.45) is 5.92 Å². The molecule has 0 bridgehead atoms. The van der Waals surface area contributed by atoms with Crippen LogP contribution in [0.5, 0.6) is 11.5 Å². The molecule has 2 aromatic carbocycles. The summed E-state index contributed by atoms with van der Waals surface area (Å²) in [6.45, 7) is 5.90. The lowest BCUT2D eigenvalue weighted by atomic mass is 10.1. The number of rotatable bonds is 13. The van der Waals surface area contributed by atoms with Crippen LogP contribution in [-0.4, -0.2) is 64.7 Å². The number of carbonyl (C=O) groups excluding carboxylic acids is 2. The number of anilines is 1. The smallest absolute Gasteiger partial charge is 0.244 e. The van der Waals surface area contributed by atoms with Crippen LogP contribution in [0.4, 0.5) is 5.69 Å². The van der Waals surface area contributed by atoms with Crippen LogP contribution in [-0.2, 0) is 26.2 Å². The van der Waals surface area contributed by atoms with Crippen molar-refractivity contribution in [3.8, 4) is 11.5 Å². The molecule has 1 N–H and O–H groups in total. The number of sulfonamides is 1. The Bertz CT molecular complexity index is 1140. The van der Waals surface area contributed by atoms with Gasteiger partial charge in [0.25, 0.3) is 0 Å². The highest BCUT2D eigenvalue weighted by molar-refractivity contribution is 7.92. The third kappa shape index (κ3) is 8.15. The zero-order chi connectivity index (χ0) is 26.9. The van der Waals surface area contributed by atoms with Gasteiger partial charge in [0.2, 0.25) is 21.8 Å². The Morgan fingerprint density at radius 3 is 2.17 bits per heavy atom. The van der Waals surface area contributed by atoms with Crippen molar-refractivity contribution in [3.63, 3.8) is 0 Å². The number of nitrogens with zero attached hydrogens (tertiary/aromatic N) is 2. The van der Waals surface area contributed by atoms with E-state index in [1.54, 1.807) is 49.6 Å². The maximum atomic E-state index is 13.7. The average Bonchev–Trinajstić information content (AvgIpc) is 2.85. The summed E-state index contributed by atoms with van der Waals surface area (Å²) >= 11 is 0. The number of ether oxygens (including phenoxy) is 2. The topological polar surface area (TPSA) is 105 Å². The first kappa shape index (κ1) is 29.0. The quantitative estimate of drug-likeness (QED) is 0.436. The maximum absolute atomic E-state index is 13.7. The SMILES string of the molecule is CC[C@@H](C(=O)NCC(C)C)N(Cc1cccc(OC)c1)C(=O)CN(c1cccc(OC)c1)S(C)(=O)=O. The largest absolute Gasteiger partial charge is 0.497 e. The van der Waals surface area contributed by atoms with Crippen LogP contribution >= 0.6 is 0 Å². The molecule has 0 radical (unpaired) electrons. The fourth-order valence-electron chi connectivity index (χ4n) is 3.69. The molecule has 2 rings (SSSR count).